The predicted molar refractivity (Wildman–Crippen MR) is 93.5 cm³/mol. The van der Waals surface area contributed by atoms with Gasteiger partial charge in [-0.1, -0.05) is 6.07 Å². The number of nitrogens with one attached hydrogen (secondary N) is 1. The van der Waals surface area contributed by atoms with Crippen molar-refractivity contribution in [3.05, 3.63) is 62.3 Å². The SMILES string of the molecule is Cn1cnc2c1c(=O)n(CC(=O)NCc1ccc(F)cc1C(F)(F)F)c(=O)n2C. The maximum atomic E-state index is 13.2. The van der Waals surface area contributed by atoms with E-state index < -0.39 is 47.8 Å². The number of carbonyl (C=O) groups is 1. The van der Waals surface area contributed by atoms with E-state index in [-0.39, 0.29) is 16.7 Å². The number of hydrogen-bond acceptors (Lipinski definition) is 4. The molecule has 29 heavy (non-hydrogen) atoms. The number of aromatic nitrogens is 4. The first-order valence-electron chi connectivity index (χ1n) is 8.24. The molecule has 12 heteroatoms. The molecule has 0 aliphatic heterocycles. The summed E-state index contributed by atoms with van der Waals surface area (Å²) in [6.07, 6.45) is -3.47. The summed E-state index contributed by atoms with van der Waals surface area (Å²) in [6, 6.07) is 2.08. The largest absolute Gasteiger partial charge is 0.416 e. The number of fused-ring (bicyclic) bond motifs is 1. The predicted octanol–water partition coefficient (Wildman–Crippen LogP) is 0.908. The quantitative estimate of drug-likeness (QED) is 0.644. The lowest BCUT2D eigenvalue weighted by atomic mass is 10.1. The molecule has 1 aromatic carbocycles. The summed E-state index contributed by atoms with van der Waals surface area (Å²) in [7, 11) is 2.92. The monoisotopic (exact) mass is 413 g/mol. The van der Waals surface area contributed by atoms with E-state index in [9.17, 15) is 31.9 Å². The Kier molecular flexibility index (Phi) is 5.03. The highest BCUT2D eigenvalue weighted by atomic mass is 19.4. The van der Waals surface area contributed by atoms with Gasteiger partial charge in [-0.25, -0.2) is 18.7 Å². The highest BCUT2D eigenvalue weighted by Gasteiger charge is 2.33. The van der Waals surface area contributed by atoms with Gasteiger partial charge < -0.3 is 9.88 Å². The fourth-order valence-corrected chi connectivity index (χ4v) is 2.90. The lowest BCUT2D eigenvalue weighted by Gasteiger charge is -2.14. The van der Waals surface area contributed by atoms with Crippen LogP contribution in [0.3, 0.4) is 0 Å². The molecule has 0 aliphatic carbocycles. The summed E-state index contributed by atoms with van der Waals surface area (Å²) in [5.74, 6) is -1.92. The minimum Gasteiger partial charge on any atom is -0.350 e. The summed E-state index contributed by atoms with van der Waals surface area (Å²) in [4.78, 5) is 41.0. The van der Waals surface area contributed by atoms with Gasteiger partial charge in [-0.05, 0) is 17.7 Å². The van der Waals surface area contributed by atoms with Crippen molar-refractivity contribution >= 4 is 17.1 Å². The lowest BCUT2D eigenvalue weighted by Crippen LogP contribution is -2.43. The Morgan fingerprint density at radius 2 is 1.90 bits per heavy atom. The molecule has 3 rings (SSSR count). The van der Waals surface area contributed by atoms with Crippen LogP contribution in [-0.4, -0.2) is 24.6 Å². The first kappa shape index (κ1) is 20.3. The van der Waals surface area contributed by atoms with Crippen LogP contribution < -0.4 is 16.6 Å². The molecule has 0 saturated carbocycles. The standard InChI is InChI=1S/C17H15F4N5O3/c1-24-8-23-14-13(24)15(28)26(16(29)25(14)2)7-12(27)22-6-9-3-4-10(18)5-11(9)17(19,20)21/h3-5,8H,6-7H2,1-2H3,(H,22,27). The zero-order chi connectivity index (χ0) is 21.5. The van der Waals surface area contributed by atoms with E-state index in [1.807, 2.05) is 0 Å². The van der Waals surface area contributed by atoms with Crippen molar-refractivity contribution in [2.24, 2.45) is 14.1 Å². The van der Waals surface area contributed by atoms with Gasteiger partial charge in [0.2, 0.25) is 5.91 Å². The summed E-state index contributed by atoms with van der Waals surface area (Å²) >= 11 is 0. The maximum Gasteiger partial charge on any atom is 0.416 e. The highest BCUT2D eigenvalue weighted by molar-refractivity contribution is 5.76. The van der Waals surface area contributed by atoms with Gasteiger partial charge in [0.25, 0.3) is 5.56 Å². The van der Waals surface area contributed by atoms with Crippen LogP contribution >= 0.6 is 0 Å². The Bertz CT molecular complexity index is 1220. The van der Waals surface area contributed by atoms with Crippen LogP contribution in [0.1, 0.15) is 11.1 Å². The van der Waals surface area contributed by atoms with Gasteiger partial charge in [0.15, 0.2) is 11.2 Å². The molecular weight excluding hydrogens is 398 g/mol. The Morgan fingerprint density at radius 1 is 1.21 bits per heavy atom. The number of nitrogens with zero attached hydrogens (tertiary/aromatic N) is 4. The van der Waals surface area contributed by atoms with E-state index in [1.165, 1.54) is 17.9 Å². The van der Waals surface area contributed by atoms with Gasteiger partial charge in [-0.2, -0.15) is 13.2 Å². The fourth-order valence-electron chi connectivity index (χ4n) is 2.90. The molecule has 0 radical (unpaired) electrons. The van der Waals surface area contributed by atoms with Crippen LogP contribution in [0.2, 0.25) is 0 Å². The van der Waals surface area contributed by atoms with E-state index >= 15 is 0 Å². The number of rotatable bonds is 4. The molecule has 0 bridgehead atoms. The lowest BCUT2D eigenvalue weighted by molar-refractivity contribution is -0.138. The van der Waals surface area contributed by atoms with Crippen molar-refractivity contribution in [3.63, 3.8) is 0 Å². The van der Waals surface area contributed by atoms with E-state index in [2.05, 4.69) is 10.3 Å². The van der Waals surface area contributed by atoms with Crippen molar-refractivity contribution < 1.29 is 22.4 Å². The van der Waals surface area contributed by atoms with E-state index in [0.717, 1.165) is 16.7 Å². The third-order valence-corrected chi connectivity index (χ3v) is 4.36. The molecule has 1 amide bonds. The number of benzene rings is 1. The minimum absolute atomic E-state index is 0.0952. The van der Waals surface area contributed by atoms with Crippen molar-refractivity contribution in [3.8, 4) is 0 Å². The molecule has 3 aromatic rings. The second-order valence-electron chi connectivity index (χ2n) is 6.34. The van der Waals surface area contributed by atoms with Gasteiger partial charge >= 0.3 is 11.9 Å². The van der Waals surface area contributed by atoms with Crippen molar-refractivity contribution in [2.75, 3.05) is 0 Å². The number of halogens is 4. The Balaban J connectivity index is 1.86. The average Bonchev–Trinajstić information content (AvgIpc) is 3.03. The number of imidazole rings is 1. The van der Waals surface area contributed by atoms with Gasteiger partial charge in [-0.15, -0.1) is 0 Å². The molecular formula is C17H15F4N5O3. The molecule has 0 unspecified atom stereocenters. The molecule has 0 atom stereocenters. The van der Waals surface area contributed by atoms with Gasteiger partial charge in [0.1, 0.15) is 12.4 Å². The number of amides is 1. The molecule has 0 saturated heterocycles. The smallest absolute Gasteiger partial charge is 0.350 e. The molecule has 8 nitrogen and oxygen atoms in total. The molecule has 2 aromatic heterocycles. The van der Waals surface area contributed by atoms with Gasteiger partial charge in [0, 0.05) is 20.6 Å². The van der Waals surface area contributed by atoms with E-state index in [1.54, 1.807) is 7.05 Å². The van der Waals surface area contributed by atoms with Crippen molar-refractivity contribution in [1.29, 1.82) is 0 Å². The molecule has 0 spiro atoms. The molecule has 154 valence electrons. The first-order valence-corrected chi connectivity index (χ1v) is 8.24. The van der Waals surface area contributed by atoms with Crippen molar-refractivity contribution in [2.45, 2.75) is 19.3 Å². The third kappa shape index (κ3) is 3.77. The van der Waals surface area contributed by atoms with Crippen LogP contribution in [0.25, 0.3) is 11.2 Å². The number of carbonyl (C=O) groups excluding carboxylic acids is 1. The van der Waals surface area contributed by atoms with Crippen LogP contribution in [0.4, 0.5) is 17.6 Å². The second kappa shape index (κ2) is 7.18. The first-order chi connectivity index (χ1) is 13.5. The minimum atomic E-state index is -4.81. The molecule has 0 aliphatic rings. The summed E-state index contributed by atoms with van der Waals surface area (Å²) < 4.78 is 55.4. The summed E-state index contributed by atoms with van der Waals surface area (Å²) in [5, 5.41) is 2.22. The normalized spacial score (nSPS) is 11.8. The van der Waals surface area contributed by atoms with E-state index in [4.69, 9.17) is 0 Å². The topological polar surface area (TPSA) is 90.9 Å². The Hall–Kier alpha value is -3.44. The zero-order valence-corrected chi connectivity index (χ0v) is 15.2. The van der Waals surface area contributed by atoms with Crippen molar-refractivity contribution in [1.82, 2.24) is 24.0 Å². The van der Waals surface area contributed by atoms with E-state index in [0.29, 0.717) is 10.6 Å². The third-order valence-electron chi connectivity index (χ3n) is 4.36. The molecule has 0 fully saturated rings. The summed E-state index contributed by atoms with van der Waals surface area (Å²) in [5.41, 5.74) is -2.89. The van der Waals surface area contributed by atoms with Crippen LogP contribution in [-0.2, 0) is 38.2 Å². The Labute approximate surface area is 160 Å². The number of alkyl halides is 3. The number of aryl methyl sites for hydroxylation is 2. The zero-order valence-electron chi connectivity index (χ0n) is 15.2. The molecule has 2 heterocycles. The summed E-state index contributed by atoms with van der Waals surface area (Å²) in [6.45, 7) is -1.26. The van der Waals surface area contributed by atoms with Crippen LogP contribution in [0.15, 0.2) is 34.1 Å². The van der Waals surface area contributed by atoms with Gasteiger partial charge in [0.05, 0.1) is 11.9 Å². The van der Waals surface area contributed by atoms with Crippen LogP contribution in [0.5, 0.6) is 0 Å². The van der Waals surface area contributed by atoms with Gasteiger partial charge in [-0.3, -0.25) is 14.2 Å². The molecule has 1 N–H and O–H groups in total. The highest BCUT2D eigenvalue weighted by Crippen LogP contribution is 2.32. The maximum absolute atomic E-state index is 13.2. The second-order valence-corrected chi connectivity index (χ2v) is 6.34. The van der Waals surface area contributed by atoms with Crippen LogP contribution in [0, 0.1) is 5.82 Å². The Morgan fingerprint density at radius 3 is 2.55 bits per heavy atom. The number of hydrogen-bond donors (Lipinski definition) is 1. The average molecular weight is 413 g/mol. The fraction of sp³-hybridized carbons (Fsp3) is 0.294.